The number of piperazine rings is 1. The van der Waals surface area contributed by atoms with Gasteiger partial charge in [-0.2, -0.15) is 4.98 Å². The van der Waals surface area contributed by atoms with Gasteiger partial charge in [-0.05, 0) is 50.0 Å². The summed E-state index contributed by atoms with van der Waals surface area (Å²) in [4.78, 5) is 29.1. The molecule has 2 bridgehead atoms. The lowest BCUT2D eigenvalue weighted by atomic mass is 9.64. The number of β-amino-alcohol motifs (C(OH)–C–C–N with tert-alkyl or cyclic N) is 1. The van der Waals surface area contributed by atoms with Gasteiger partial charge < -0.3 is 29.9 Å². The number of fused-ring (bicyclic) bond motifs is 3. The Balaban J connectivity index is 1.25. The van der Waals surface area contributed by atoms with Crippen LogP contribution < -0.4 is 5.32 Å². The average molecular weight is 510 g/mol. The van der Waals surface area contributed by atoms with Crippen molar-refractivity contribution >= 4 is 22.6 Å². The lowest BCUT2D eigenvalue weighted by molar-refractivity contribution is -0.0677. The molecule has 0 aromatic carbocycles. The fourth-order valence-electron chi connectivity index (χ4n) is 6.65. The van der Waals surface area contributed by atoms with E-state index in [1.165, 1.54) is 0 Å². The number of aliphatic hydroxyl groups excluding tert-OH is 1. The van der Waals surface area contributed by atoms with E-state index in [1.807, 2.05) is 12.3 Å². The minimum Gasteiger partial charge on any atom is -0.395 e. The highest BCUT2D eigenvalue weighted by Crippen LogP contribution is 2.47. The van der Waals surface area contributed by atoms with E-state index in [4.69, 9.17) is 9.63 Å². The van der Waals surface area contributed by atoms with Crippen molar-refractivity contribution in [3.63, 3.8) is 0 Å². The second-order valence-corrected chi connectivity index (χ2v) is 11.1. The zero-order chi connectivity index (χ0) is 25.6. The number of aliphatic hydroxyl groups is 2. The lowest BCUT2D eigenvalue weighted by Gasteiger charge is -2.48. The highest BCUT2D eigenvalue weighted by Gasteiger charge is 2.45. The molecule has 11 nitrogen and oxygen atoms in total. The van der Waals surface area contributed by atoms with Crippen LogP contribution in [0, 0.1) is 11.8 Å². The molecule has 6 rings (SSSR count). The van der Waals surface area contributed by atoms with Gasteiger partial charge in [-0.25, -0.2) is 4.98 Å². The maximum absolute atomic E-state index is 13.1. The highest BCUT2D eigenvalue weighted by molar-refractivity contribution is 5.97. The van der Waals surface area contributed by atoms with Crippen LogP contribution in [0.3, 0.4) is 0 Å². The Hall–Kier alpha value is -3.02. The first kappa shape index (κ1) is 24.3. The van der Waals surface area contributed by atoms with Crippen LogP contribution in [0.5, 0.6) is 0 Å². The number of anilines is 1. The van der Waals surface area contributed by atoms with E-state index in [1.54, 1.807) is 11.1 Å². The van der Waals surface area contributed by atoms with Crippen molar-refractivity contribution in [1.82, 2.24) is 29.9 Å². The van der Waals surface area contributed by atoms with E-state index in [0.29, 0.717) is 55.9 Å². The van der Waals surface area contributed by atoms with E-state index < -0.39 is 5.60 Å². The van der Waals surface area contributed by atoms with Gasteiger partial charge >= 0.3 is 11.8 Å². The van der Waals surface area contributed by atoms with Crippen LogP contribution in [0.2, 0.25) is 0 Å². The molecule has 0 spiro atoms. The topological polar surface area (TPSA) is 144 Å². The summed E-state index contributed by atoms with van der Waals surface area (Å²) in [6, 6.07) is 2.19. The van der Waals surface area contributed by atoms with E-state index in [0.717, 1.165) is 48.8 Å². The summed E-state index contributed by atoms with van der Waals surface area (Å²) in [7, 11) is 0. The fraction of sp³-hybridized carbons (Fsp3) is 0.615. The van der Waals surface area contributed by atoms with Gasteiger partial charge in [-0.1, -0.05) is 12.1 Å². The zero-order valence-corrected chi connectivity index (χ0v) is 21.2. The molecule has 1 aliphatic heterocycles. The molecule has 11 heteroatoms. The third-order valence-corrected chi connectivity index (χ3v) is 8.41. The van der Waals surface area contributed by atoms with Crippen molar-refractivity contribution in [3.8, 4) is 11.4 Å². The summed E-state index contributed by atoms with van der Waals surface area (Å²) < 4.78 is 5.44. The predicted octanol–water partition coefficient (Wildman–Crippen LogP) is 2.10. The number of amides is 1. The number of carbonyl (C=O) groups is 1. The fourth-order valence-corrected chi connectivity index (χ4v) is 6.65. The Labute approximate surface area is 215 Å². The van der Waals surface area contributed by atoms with E-state index in [2.05, 4.69) is 37.2 Å². The van der Waals surface area contributed by atoms with E-state index in [-0.39, 0.29) is 24.4 Å². The van der Waals surface area contributed by atoms with Crippen LogP contribution in [-0.4, -0.2) is 97.0 Å². The van der Waals surface area contributed by atoms with Gasteiger partial charge in [0.15, 0.2) is 0 Å². The predicted molar refractivity (Wildman–Crippen MR) is 137 cm³/mol. The van der Waals surface area contributed by atoms with Gasteiger partial charge in [-0.3, -0.25) is 9.69 Å². The number of pyridine rings is 1. The molecule has 3 aromatic heterocycles. The molecular formula is C26H35N7O4. The standard InChI is InChI=1S/C26H35N7O4/c1-16-12-17-14-26(36,13-16)4-2-20(17)29-21-18-3-5-27-22(18)28-15-19(21)23-30-24(37-31-23)25(35)33-8-6-32(7-9-33)10-11-34/h3,5,15-17,20,34,36H,2,4,6-14H2,1H3,(H2,27,28,29)/t16?,17-,20-,26-/m0/s1. The average Bonchev–Trinajstić information content (AvgIpc) is 3.56. The SMILES string of the molecule is CC1C[C@H]2C[C@](O)(CC[C@@H]2Nc2c(-c3noc(C(=O)N4CCN(CCO)CC4)n3)cnc3[nH]ccc23)C1. The number of nitrogens with one attached hydrogen (secondary N) is 2. The molecular weight excluding hydrogens is 474 g/mol. The smallest absolute Gasteiger partial charge is 0.316 e. The van der Waals surface area contributed by atoms with Crippen molar-refractivity contribution in [2.75, 3.05) is 44.6 Å². The van der Waals surface area contributed by atoms with Crippen LogP contribution in [0.25, 0.3) is 22.4 Å². The molecule has 3 aliphatic rings. The largest absolute Gasteiger partial charge is 0.395 e. The first-order chi connectivity index (χ1) is 17.9. The van der Waals surface area contributed by atoms with Gasteiger partial charge in [0.25, 0.3) is 0 Å². The monoisotopic (exact) mass is 509 g/mol. The summed E-state index contributed by atoms with van der Waals surface area (Å²) >= 11 is 0. The Morgan fingerprint density at radius 2 is 2.14 bits per heavy atom. The molecule has 1 saturated heterocycles. The Bertz CT molecular complexity index is 1270. The number of aromatic amines is 1. The van der Waals surface area contributed by atoms with E-state index >= 15 is 0 Å². The quantitative estimate of drug-likeness (QED) is 0.393. The highest BCUT2D eigenvalue weighted by atomic mass is 16.5. The molecule has 3 fully saturated rings. The summed E-state index contributed by atoms with van der Waals surface area (Å²) in [6.07, 6.45) is 8.04. The van der Waals surface area contributed by atoms with Crippen LogP contribution in [0.4, 0.5) is 5.69 Å². The van der Waals surface area contributed by atoms with Crippen molar-refractivity contribution in [2.45, 2.75) is 50.7 Å². The van der Waals surface area contributed by atoms with Gasteiger partial charge in [0.05, 0.1) is 23.5 Å². The van der Waals surface area contributed by atoms with Crippen LogP contribution in [0.1, 0.15) is 49.7 Å². The van der Waals surface area contributed by atoms with Gasteiger partial charge in [-0.15, -0.1) is 0 Å². The second kappa shape index (κ2) is 9.70. The maximum atomic E-state index is 13.1. The third-order valence-electron chi connectivity index (χ3n) is 8.41. The number of nitrogens with zero attached hydrogens (tertiary/aromatic N) is 5. The number of H-pyrrole nitrogens is 1. The summed E-state index contributed by atoms with van der Waals surface area (Å²) in [6.45, 7) is 5.45. The number of hydrogen-bond acceptors (Lipinski definition) is 9. The zero-order valence-electron chi connectivity index (χ0n) is 21.2. The molecule has 1 unspecified atom stereocenters. The maximum Gasteiger partial charge on any atom is 0.316 e. The molecule has 2 aliphatic carbocycles. The number of rotatable bonds is 6. The summed E-state index contributed by atoms with van der Waals surface area (Å²) in [5.41, 5.74) is 1.78. The van der Waals surface area contributed by atoms with Gasteiger partial charge in [0.1, 0.15) is 5.65 Å². The molecule has 1 amide bonds. The number of carbonyl (C=O) groups excluding carboxylic acids is 1. The van der Waals surface area contributed by atoms with Crippen molar-refractivity contribution in [2.24, 2.45) is 11.8 Å². The molecule has 0 radical (unpaired) electrons. The minimum atomic E-state index is -0.544. The molecule has 4 atom stereocenters. The lowest BCUT2D eigenvalue weighted by Crippen LogP contribution is -2.49. The normalized spacial score (nSPS) is 28.5. The third kappa shape index (κ3) is 4.71. The first-order valence-corrected chi connectivity index (χ1v) is 13.3. The Kier molecular flexibility index (Phi) is 6.37. The molecule has 4 N–H and O–H groups in total. The number of aromatic nitrogens is 4. The molecule has 3 aromatic rings. The van der Waals surface area contributed by atoms with Crippen molar-refractivity contribution in [1.29, 1.82) is 0 Å². The molecule has 4 heterocycles. The van der Waals surface area contributed by atoms with Crippen LogP contribution in [-0.2, 0) is 0 Å². The molecule has 37 heavy (non-hydrogen) atoms. The summed E-state index contributed by atoms with van der Waals surface area (Å²) in [5.74, 6) is 0.882. The number of hydrogen-bond donors (Lipinski definition) is 4. The van der Waals surface area contributed by atoms with Crippen molar-refractivity contribution in [3.05, 3.63) is 24.4 Å². The molecule has 2 saturated carbocycles. The Morgan fingerprint density at radius 1 is 1.30 bits per heavy atom. The second-order valence-electron chi connectivity index (χ2n) is 11.1. The molecule has 198 valence electrons. The van der Waals surface area contributed by atoms with Gasteiger partial charge in [0, 0.05) is 56.5 Å². The Morgan fingerprint density at radius 3 is 2.95 bits per heavy atom. The van der Waals surface area contributed by atoms with E-state index in [9.17, 15) is 9.90 Å². The minimum absolute atomic E-state index is 0.0328. The van der Waals surface area contributed by atoms with Crippen LogP contribution >= 0.6 is 0 Å². The van der Waals surface area contributed by atoms with Crippen LogP contribution in [0.15, 0.2) is 23.0 Å². The van der Waals surface area contributed by atoms with Gasteiger partial charge in [0.2, 0.25) is 5.82 Å². The van der Waals surface area contributed by atoms with Crippen molar-refractivity contribution < 1.29 is 19.5 Å². The first-order valence-electron chi connectivity index (χ1n) is 13.3. The summed E-state index contributed by atoms with van der Waals surface area (Å²) in [5, 5.41) is 29.0.